The summed E-state index contributed by atoms with van der Waals surface area (Å²) in [5, 5.41) is 13.9. The predicted molar refractivity (Wildman–Crippen MR) is 101 cm³/mol. The smallest absolute Gasteiger partial charge is 0.309 e. The van der Waals surface area contributed by atoms with Crippen LogP contribution in [0, 0.1) is 5.92 Å². The molecule has 2 aromatic rings. The molecule has 132 valence electrons. The first-order valence-corrected chi connectivity index (χ1v) is 11.2. The van der Waals surface area contributed by atoms with Crippen molar-refractivity contribution >= 4 is 24.7 Å². The van der Waals surface area contributed by atoms with E-state index in [1.54, 1.807) is 25.5 Å². The molecule has 4 unspecified atom stereocenters. The molecule has 3 rings (SSSR count). The minimum absolute atomic E-state index is 0.361. The van der Waals surface area contributed by atoms with Gasteiger partial charge in [-0.3, -0.25) is 10.1 Å². The fourth-order valence-corrected chi connectivity index (χ4v) is 5.47. The summed E-state index contributed by atoms with van der Waals surface area (Å²) >= 11 is 5.96. The Kier molecular flexibility index (Phi) is 5.06. The second-order valence-corrected chi connectivity index (χ2v) is 10.7. The van der Waals surface area contributed by atoms with Gasteiger partial charge in [0.05, 0.1) is 18.8 Å². The molecule has 1 aliphatic heterocycles. The maximum atomic E-state index is 12.9. The molecular weight excluding hydrogens is 357 g/mol. The number of carbonyl (C=O) groups is 1. The van der Waals surface area contributed by atoms with Crippen LogP contribution in [0.2, 0.25) is 5.02 Å². The SMILES string of the molecule is CP(C)(=O)C1NC(c2ccc(Cl)cc2)C(C(=O)O)C1c1ccccc1. The van der Waals surface area contributed by atoms with Crippen LogP contribution in [0.1, 0.15) is 23.1 Å². The van der Waals surface area contributed by atoms with E-state index in [9.17, 15) is 14.5 Å². The predicted octanol–water partition coefficient (Wildman–Crippen LogP) is 4.42. The molecule has 0 spiro atoms. The van der Waals surface area contributed by atoms with E-state index >= 15 is 0 Å². The topological polar surface area (TPSA) is 66.4 Å². The van der Waals surface area contributed by atoms with Crippen LogP contribution in [0.25, 0.3) is 0 Å². The molecule has 0 radical (unpaired) electrons. The van der Waals surface area contributed by atoms with E-state index < -0.39 is 30.9 Å². The Hall–Kier alpha value is -1.61. The van der Waals surface area contributed by atoms with Crippen molar-refractivity contribution in [2.75, 3.05) is 13.3 Å². The van der Waals surface area contributed by atoms with Crippen LogP contribution in [0.4, 0.5) is 0 Å². The molecular formula is C19H21ClNO3P. The molecule has 2 aromatic carbocycles. The molecule has 4 atom stereocenters. The number of benzene rings is 2. The molecule has 1 saturated heterocycles. The van der Waals surface area contributed by atoms with Gasteiger partial charge in [0.1, 0.15) is 0 Å². The van der Waals surface area contributed by atoms with Gasteiger partial charge < -0.3 is 9.67 Å². The first-order chi connectivity index (χ1) is 11.8. The molecule has 0 saturated carbocycles. The average molecular weight is 378 g/mol. The minimum Gasteiger partial charge on any atom is -0.481 e. The van der Waals surface area contributed by atoms with Gasteiger partial charge in [-0.25, -0.2) is 0 Å². The third-order valence-corrected chi connectivity index (χ3v) is 6.87. The molecule has 4 nitrogen and oxygen atoms in total. The summed E-state index contributed by atoms with van der Waals surface area (Å²) in [6, 6.07) is 16.2. The lowest BCUT2D eigenvalue weighted by Crippen LogP contribution is -2.27. The molecule has 25 heavy (non-hydrogen) atoms. The van der Waals surface area contributed by atoms with Crippen LogP contribution in [0.5, 0.6) is 0 Å². The molecule has 0 aliphatic carbocycles. The van der Waals surface area contributed by atoms with Gasteiger partial charge in [0.15, 0.2) is 0 Å². The van der Waals surface area contributed by atoms with E-state index in [4.69, 9.17) is 11.6 Å². The molecule has 0 amide bonds. The summed E-state index contributed by atoms with van der Waals surface area (Å²) in [7, 11) is -2.58. The van der Waals surface area contributed by atoms with Crippen LogP contribution in [-0.4, -0.2) is 30.2 Å². The normalized spacial score (nSPS) is 26.5. The van der Waals surface area contributed by atoms with Crippen molar-refractivity contribution in [2.45, 2.75) is 17.7 Å². The standard InChI is InChI=1S/C19H21ClNO3P/c1-25(2,24)18-15(12-6-4-3-5-7-12)16(19(22)23)17(21-18)13-8-10-14(20)11-9-13/h3-11,15-18,21H,1-2H3,(H,22,23). The quantitative estimate of drug-likeness (QED) is 0.774. The fourth-order valence-electron chi connectivity index (χ4n) is 3.70. The Morgan fingerprint density at radius 1 is 1.04 bits per heavy atom. The maximum Gasteiger partial charge on any atom is 0.309 e. The van der Waals surface area contributed by atoms with Crippen LogP contribution in [0.15, 0.2) is 54.6 Å². The summed E-state index contributed by atoms with van der Waals surface area (Å²) in [6.45, 7) is 3.42. The third-order valence-electron chi connectivity index (χ3n) is 4.81. The van der Waals surface area contributed by atoms with Crippen molar-refractivity contribution in [3.63, 3.8) is 0 Å². The van der Waals surface area contributed by atoms with E-state index in [0.717, 1.165) is 11.1 Å². The number of nitrogens with one attached hydrogen (secondary N) is 1. The Morgan fingerprint density at radius 3 is 2.16 bits per heavy atom. The van der Waals surface area contributed by atoms with Gasteiger partial charge in [-0.05, 0) is 36.6 Å². The van der Waals surface area contributed by atoms with Crippen molar-refractivity contribution in [3.05, 3.63) is 70.7 Å². The van der Waals surface area contributed by atoms with Crippen molar-refractivity contribution < 1.29 is 14.5 Å². The van der Waals surface area contributed by atoms with Crippen molar-refractivity contribution in [2.24, 2.45) is 5.92 Å². The first kappa shape index (κ1) is 18.2. The summed E-state index contributed by atoms with van der Waals surface area (Å²) < 4.78 is 12.9. The van der Waals surface area contributed by atoms with E-state index in [1.165, 1.54) is 0 Å². The molecule has 0 aromatic heterocycles. The van der Waals surface area contributed by atoms with Gasteiger partial charge in [-0.2, -0.15) is 0 Å². The molecule has 2 N–H and O–H groups in total. The lowest BCUT2D eigenvalue weighted by atomic mass is 9.83. The molecule has 1 aliphatic rings. The number of hydrogen-bond donors (Lipinski definition) is 2. The second kappa shape index (κ2) is 6.95. The summed E-state index contributed by atoms with van der Waals surface area (Å²) in [4.78, 5) is 12.2. The monoisotopic (exact) mass is 377 g/mol. The lowest BCUT2D eigenvalue weighted by Gasteiger charge is -2.25. The van der Waals surface area contributed by atoms with Crippen LogP contribution in [0.3, 0.4) is 0 Å². The zero-order valence-electron chi connectivity index (χ0n) is 14.1. The first-order valence-electron chi connectivity index (χ1n) is 8.13. The second-order valence-electron chi connectivity index (χ2n) is 6.88. The van der Waals surface area contributed by atoms with Gasteiger partial charge in [-0.15, -0.1) is 0 Å². The number of carboxylic acids is 1. The van der Waals surface area contributed by atoms with Gasteiger partial charge in [0.2, 0.25) is 0 Å². The van der Waals surface area contributed by atoms with Gasteiger partial charge >= 0.3 is 5.97 Å². The summed E-state index contributed by atoms with van der Waals surface area (Å²) in [5.74, 6) is -2.35. The number of halogens is 1. The van der Waals surface area contributed by atoms with Gasteiger partial charge in [-0.1, -0.05) is 54.1 Å². The molecule has 6 heteroatoms. The maximum absolute atomic E-state index is 12.9. The van der Waals surface area contributed by atoms with E-state index in [0.29, 0.717) is 5.02 Å². The number of aliphatic carboxylic acids is 1. The fraction of sp³-hybridized carbons (Fsp3) is 0.316. The highest BCUT2D eigenvalue weighted by molar-refractivity contribution is 7.63. The van der Waals surface area contributed by atoms with Gasteiger partial charge in [0, 0.05) is 17.0 Å². The molecule has 1 heterocycles. The third kappa shape index (κ3) is 3.67. The Labute approximate surface area is 152 Å². The van der Waals surface area contributed by atoms with Crippen molar-refractivity contribution in [3.8, 4) is 0 Å². The lowest BCUT2D eigenvalue weighted by molar-refractivity contribution is -0.142. The number of rotatable bonds is 4. The number of hydrogen-bond acceptors (Lipinski definition) is 3. The zero-order chi connectivity index (χ0) is 18.2. The Bertz CT molecular complexity index is 803. The highest BCUT2D eigenvalue weighted by atomic mass is 35.5. The average Bonchev–Trinajstić information content (AvgIpc) is 2.97. The highest BCUT2D eigenvalue weighted by Gasteiger charge is 2.51. The summed E-state index contributed by atoms with van der Waals surface area (Å²) in [6.07, 6.45) is 0. The van der Waals surface area contributed by atoms with Crippen molar-refractivity contribution in [1.82, 2.24) is 5.32 Å². The van der Waals surface area contributed by atoms with E-state index in [2.05, 4.69) is 5.32 Å². The molecule has 0 bridgehead atoms. The molecule has 1 fully saturated rings. The Morgan fingerprint density at radius 2 is 1.64 bits per heavy atom. The largest absolute Gasteiger partial charge is 0.481 e. The van der Waals surface area contributed by atoms with E-state index in [-0.39, 0.29) is 5.92 Å². The highest BCUT2D eigenvalue weighted by Crippen LogP contribution is 2.56. The van der Waals surface area contributed by atoms with E-state index in [1.807, 2.05) is 42.5 Å². The van der Waals surface area contributed by atoms with Crippen LogP contribution >= 0.6 is 18.7 Å². The van der Waals surface area contributed by atoms with Crippen LogP contribution < -0.4 is 5.32 Å². The summed E-state index contributed by atoms with van der Waals surface area (Å²) in [5.41, 5.74) is 1.74. The minimum atomic E-state index is -2.58. The van der Waals surface area contributed by atoms with Gasteiger partial charge in [0.25, 0.3) is 0 Å². The zero-order valence-corrected chi connectivity index (χ0v) is 15.7. The van der Waals surface area contributed by atoms with Crippen LogP contribution in [-0.2, 0) is 9.36 Å². The van der Waals surface area contributed by atoms with Crippen molar-refractivity contribution in [1.29, 1.82) is 0 Å². The number of carboxylic acid groups (broad SMARTS) is 1. The Balaban J connectivity index is 2.10.